The molecule has 3 heteroatoms. The molecule has 2 rings (SSSR count). The van der Waals surface area contributed by atoms with Crippen LogP contribution in [0.1, 0.15) is 17.7 Å². The molecular formula is C17H17NO2. The molecule has 1 N–H and O–H groups in total. The predicted octanol–water partition coefficient (Wildman–Crippen LogP) is 2.44. The molecule has 0 saturated carbocycles. The van der Waals surface area contributed by atoms with Crippen molar-refractivity contribution in [1.82, 2.24) is 4.98 Å². The number of aromatic nitrogens is 1. The predicted molar refractivity (Wildman–Crippen MR) is 78.5 cm³/mol. The van der Waals surface area contributed by atoms with Gasteiger partial charge in [0.2, 0.25) is 0 Å². The van der Waals surface area contributed by atoms with E-state index in [4.69, 9.17) is 9.84 Å². The van der Waals surface area contributed by atoms with Crippen molar-refractivity contribution >= 4 is 0 Å². The molecule has 0 aliphatic heterocycles. The zero-order chi connectivity index (χ0) is 14.0. The van der Waals surface area contributed by atoms with E-state index in [1.807, 2.05) is 42.5 Å². The standard InChI is InChI=1S/C17H17NO2/c19-13-6-4-8-15-7-1-2-10-17(15)20-14-11-16-9-3-5-12-18-16/h1-3,5,7,9-10,12,19H,6,11,13-14H2. The van der Waals surface area contributed by atoms with Crippen molar-refractivity contribution in [3.05, 3.63) is 59.9 Å². The minimum Gasteiger partial charge on any atom is -0.492 e. The van der Waals surface area contributed by atoms with Crippen LogP contribution in [-0.4, -0.2) is 23.3 Å². The second-order valence-electron chi connectivity index (χ2n) is 4.19. The first kappa shape index (κ1) is 14.1. The Kier molecular flexibility index (Phi) is 5.63. The molecule has 20 heavy (non-hydrogen) atoms. The highest BCUT2D eigenvalue weighted by molar-refractivity contribution is 5.45. The maximum absolute atomic E-state index is 8.74. The molecule has 0 amide bonds. The normalized spacial score (nSPS) is 9.65. The Morgan fingerprint density at radius 2 is 1.95 bits per heavy atom. The van der Waals surface area contributed by atoms with Gasteiger partial charge in [-0.25, -0.2) is 0 Å². The van der Waals surface area contributed by atoms with Gasteiger partial charge in [0.1, 0.15) is 5.75 Å². The van der Waals surface area contributed by atoms with E-state index < -0.39 is 0 Å². The van der Waals surface area contributed by atoms with E-state index in [1.54, 1.807) is 6.20 Å². The molecule has 0 bridgehead atoms. The summed E-state index contributed by atoms with van der Waals surface area (Å²) in [6.07, 6.45) is 3.02. The first-order valence-electron chi connectivity index (χ1n) is 6.61. The first-order chi connectivity index (χ1) is 9.90. The number of nitrogens with zero attached hydrogens (tertiary/aromatic N) is 1. The summed E-state index contributed by atoms with van der Waals surface area (Å²) in [4.78, 5) is 4.26. The van der Waals surface area contributed by atoms with Crippen molar-refractivity contribution in [3.63, 3.8) is 0 Å². The number of hydrogen-bond donors (Lipinski definition) is 1. The molecule has 0 spiro atoms. The Balaban J connectivity index is 1.94. The molecule has 0 fully saturated rings. The molecule has 0 radical (unpaired) electrons. The number of para-hydroxylation sites is 1. The third kappa shape index (κ3) is 4.42. The minimum atomic E-state index is 0.0791. The van der Waals surface area contributed by atoms with Gasteiger partial charge in [-0.05, 0) is 24.3 Å². The molecule has 0 saturated heterocycles. The van der Waals surface area contributed by atoms with Crippen LogP contribution in [0, 0.1) is 11.8 Å². The van der Waals surface area contributed by atoms with Crippen LogP contribution in [0.3, 0.4) is 0 Å². The van der Waals surface area contributed by atoms with Gasteiger partial charge < -0.3 is 9.84 Å². The highest BCUT2D eigenvalue weighted by Gasteiger charge is 2.00. The maximum atomic E-state index is 8.74. The van der Waals surface area contributed by atoms with Crippen molar-refractivity contribution in [2.45, 2.75) is 12.8 Å². The van der Waals surface area contributed by atoms with Crippen LogP contribution in [-0.2, 0) is 6.42 Å². The average molecular weight is 267 g/mol. The van der Waals surface area contributed by atoms with Gasteiger partial charge >= 0.3 is 0 Å². The lowest BCUT2D eigenvalue weighted by molar-refractivity contribution is 0.305. The molecule has 0 atom stereocenters. The van der Waals surface area contributed by atoms with E-state index in [0.717, 1.165) is 23.4 Å². The Bertz CT molecular complexity index is 585. The molecule has 1 heterocycles. The van der Waals surface area contributed by atoms with Crippen LogP contribution in [0.25, 0.3) is 0 Å². The minimum absolute atomic E-state index is 0.0791. The van der Waals surface area contributed by atoms with Gasteiger partial charge in [0.25, 0.3) is 0 Å². The van der Waals surface area contributed by atoms with Crippen LogP contribution >= 0.6 is 0 Å². The summed E-state index contributed by atoms with van der Waals surface area (Å²) in [7, 11) is 0. The van der Waals surface area contributed by atoms with Crippen molar-refractivity contribution in [1.29, 1.82) is 0 Å². The van der Waals surface area contributed by atoms with E-state index in [0.29, 0.717) is 13.0 Å². The molecule has 0 aliphatic carbocycles. The third-order valence-corrected chi connectivity index (χ3v) is 2.69. The molecule has 1 aromatic carbocycles. The number of rotatable bonds is 5. The summed E-state index contributed by atoms with van der Waals surface area (Å²) in [5, 5.41) is 8.74. The zero-order valence-electron chi connectivity index (χ0n) is 11.2. The third-order valence-electron chi connectivity index (χ3n) is 2.69. The van der Waals surface area contributed by atoms with Crippen LogP contribution < -0.4 is 4.74 Å². The van der Waals surface area contributed by atoms with E-state index in [2.05, 4.69) is 16.8 Å². The van der Waals surface area contributed by atoms with E-state index in [1.165, 1.54) is 0 Å². The van der Waals surface area contributed by atoms with Crippen LogP contribution in [0.15, 0.2) is 48.7 Å². The Morgan fingerprint density at radius 3 is 2.75 bits per heavy atom. The summed E-state index contributed by atoms with van der Waals surface area (Å²) in [6.45, 7) is 0.644. The summed E-state index contributed by atoms with van der Waals surface area (Å²) >= 11 is 0. The summed E-state index contributed by atoms with van der Waals surface area (Å²) < 4.78 is 5.77. The molecule has 1 aromatic heterocycles. The first-order valence-corrected chi connectivity index (χ1v) is 6.61. The zero-order valence-corrected chi connectivity index (χ0v) is 11.2. The van der Waals surface area contributed by atoms with Crippen molar-refractivity contribution in [2.75, 3.05) is 13.2 Å². The van der Waals surface area contributed by atoms with Crippen molar-refractivity contribution < 1.29 is 9.84 Å². The lowest BCUT2D eigenvalue weighted by atomic mass is 10.2. The van der Waals surface area contributed by atoms with Gasteiger partial charge in [-0.15, -0.1) is 0 Å². The fraction of sp³-hybridized carbons (Fsp3) is 0.235. The largest absolute Gasteiger partial charge is 0.492 e. The van der Waals surface area contributed by atoms with Crippen molar-refractivity contribution in [2.24, 2.45) is 0 Å². The maximum Gasteiger partial charge on any atom is 0.134 e. The molecule has 102 valence electrons. The highest BCUT2D eigenvalue weighted by atomic mass is 16.5. The van der Waals surface area contributed by atoms with Gasteiger partial charge in [-0.3, -0.25) is 4.98 Å². The number of hydrogen-bond acceptors (Lipinski definition) is 3. The smallest absolute Gasteiger partial charge is 0.134 e. The average Bonchev–Trinajstić information content (AvgIpc) is 2.50. The molecule has 3 nitrogen and oxygen atoms in total. The number of ether oxygens (including phenoxy) is 1. The SMILES string of the molecule is OCCC#Cc1ccccc1OCCc1ccccn1. The van der Waals surface area contributed by atoms with E-state index in [9.17, 15) is 0 Å². The Hall–Kier alpha value is -2.31. The second-order valence-corrected chi connectivity index (χ2v) is 4.19. The van der Waals surface area contributed by atoms with Gasteiger partial charge in [-0.2, -0.15) is 0 Å². The number of aliphatic hydroxyl groups excluding tert-OH is 1. The van der Waals surface area contributed by atoms with Gasteiger partial charge in [0.05, 0.1) is 18.8 Å². The molecule has 0 unspecified atom stereocenters. The van der Waals surface area contributed by atoms with Crippen LogP contribution in [0.5, 0.6) is 5.75 Å². The number of pyridine rings is 1. The molecule has 2 aromatic rings. The quantitative estimate of drug-likeness (QED) is 0.846. The van der Waals surface area contributed by atoms with Gasteiger partial charge in [-0.1, -0.05) is 30.0 Å². The van der Waals surface area contributed by atoms with Gasteiger partial charge in [0, 0.05) is 24.7 Å². The monoisotopic (exact) mass is 267 g/mol. The van der Waals surface area contributed by atoms with Crippen molar-refractivity contribution in [3.8, 4) is 17.6 Å². The summed E-state index contributed by atoms with van der Waals surface area (Å²) in [6, 6.07) is 13.5. The van der Waals surface area contributed by atoms with Crippen LogP contribution in [0.4, 0.5) is 0 Å². The van der Waals surface area contributed by atoms with E-state index in [-0.39, 0.29) is 6.61 Å². The Morgan fingerprint density at radius 1 is 1.10 bits per heavy atom. The summed E-state index contributed by atoms with van der Waals surface area (Å²) in [5.41, 5.74) is 1.86. The lowest BCUT2D eigenvalue weighted by Crippen LogP contribution is -2.03. The van der Waals surface area contributed by atoms with E-state index >= 15 is 0 Å². The fourth-order valence-corrected chi connectivity index (χ4v) is 1.72. The summed E-state index contributed by atoms with van der Waals surface area (Å²) in [5.74, 6) is 6.69. The molecular weight excluding hydrogens is 250 g/mol. The Labute approximate surface area is 119 Å². The number of benzene rings is 1. The van der Waals surface area contributed by atoms with Crippen LogP contribution in [0.2, 0.25) is 0 Å². The second kappa shape index (κ2) is 7.98. The topological polar surface area (TPSA) is 42.4 Å². The highest BCUT2D eigenvalue weighted by Crippen LogP contribution is 2.16. The van der Waals surface area contributed by atoms with Gasteiger partial charge in [0.15, 0.2) is 0 Å². The molecule has 0 aliphatic rings. The fourth-order valence-electron chi connectivity index (χ4n) is 1.72. The lowest BCUT2D eigenvalue weighted by Gasteiger charge is -2.07. The number of aliphatic hydroxyl groups is 1.